The van der Waals surface area contributed by atoms with Gasteiger partial charge in [0.15, 0.2) is 8.32 Å². The van der Waals surface area contributed by atoms with Crippen LogP contribution in [0.2, 0.25) is 18.1 Å². The van der Waals surface area contributed by atoms with E-state index in [1.165, 1.54) is 0 Å². The predicted molar refractivity (Wildman–Crippen MR) is 92.8 cm³/mol. The minimum atomic E-state index is -1.77. The highest BCUT2D eigenvalue weighted by molar-refractivity contribution is 7.84. The molecule has 0 spiro atoms. The first-order valence-electron chi connectivity index (χ1n) is 7.24. The molecule has 0 heterocycles. The third-order valence-corrected chi connectivity index (χ3v) is 9.89. The molecule has 0 unspecified atom stereocenters. The predicted octanol–water partition coefficient (Wildman–Crippen LogP) is 4.00. The molecule has 0 radical (unpaired) electrons. The summed E-state index contributed by atoms with van der Waals surface area (Å²) in [7, 11) is -2.85. The van der Waals surface area contributed by atoms with Gasteiger partial charge in [0.25, 0.3) is 0 Å². The first-order valence-corrected chi connectivity index (χ1v) is 11.3. The molecule has 0 aliphatic carbocycles. The highest BCUT2D eigenvalue weighted by atomic mass is 32.2. The van der Waals surface area contributed by atoms with Gasteiger partial charge in [-0.15, -0.1) is 6.58 Å². The molecule has 0 rings (SSSR count). The van der Waals surface area contributed by atoms with Crippen LogP contribution in [0.15, 0.2) is 12.7 Å². The highest BCUT2D eigenvalue weighted by Gasteiger charge is 2.37. The molecule has 20 heavy (non-hydrogen) atoms. The van der Waals surface area contributed by atoms with Gasteiger partial charge in [-0.3, -0.25) is 0 Å². The Morgan fingerprint density at radius 1 is 1.25 bits per heavy atom. The zero-order valence-electron chi connectivity index (χ0n) is 14.5. The lowest BCUT2D eigenvalue weighted by Gasteiger charge is -2.37. The van der Waals surface area contributed by atoms with Gasteiger partial charge in [-0.05, 0) is 45.3 Å². The lowest BCUT2D eigenvalue weighted by Crippen LogP contribution is -2.47. The van der Waals surface area contributed by atoms with Gasteiger partial charge >= 0.3 is 0 Å². The number of hydrogen-bond donors (Lipinski definition) is 1. The molecule has 0 aliphatic rings. The van der Waals surface area contributed by atoms with Gasteiger partial charge in [0.1, 0.15) is 0 Å². The van der Waals surface area contributed by atoms with Crippen molar-refractivity contribution >= 4 is 19.3 Å². The van der Waals surface area contributed by atoms with Crippen LogP contribution in [0.4, 0.5) is 0 Å². The maximum absolute atomic E-state index is 12.2. The first-order chi connectivity index (χ1) is 8.81. The van der Waals surface area contributed by atoms with Crippen LogP contribution in [0.5, 0.6) is 0 Å². The summed E-state index contributed by atoms with van der Waals surface area (Å²) in [5.74, 6) is 0. The first kappa shape index (κ1) is 20.0. The fraction of sp³-hybridized carbons (Fsp3) is 0.867. The molecule has 2 atom stereocenters. The van der Waals surface area contributed by atoms with Gasteiger partial charge in [-0.2, -0.15) is 0 Å². The molecule has 120 valence electrons. The van der Waals surface area contributed by atoms with Crippen molar-refractivity contribution in [1.82, 2.24) is 4.72 Å². The zero-order chi connectivity index (χ0) is 16.2. The van der Waals surface area contributed by atoms with Crippen molar-refractivity contribution in [2.45, 2.75) is 76.9 Å². The zero-order valence-corrected chi connectivity index (χ0v) is 16.3. The summed E-state index contributed by atoms with van der Waals surface area (Å²) < 4.78 is 21.3. The van der Waals surface area contributed by atoms with E-state index in [-0.39, 0.29) is 15.8 Å². The fourth-order valence-electron chi connectivity index (χ4n) is 1.20. The molecular formula is C15H33NO2SSi. The maximum Gasteiger partial charge on any atom is 0.192 e. The van der Waals surface area contributed by atoms with Gasteiger partial charge in [-0.25, -0.2) is 8.93 Å². The summed E-state index contributed by atoms with van der Waals surface area (Å²) in [6, 6.07) is 0.0571. The van der Waals surface area contributed by atoms with Crippen LogP contribution >= 0.6 is 0 Å². The average molecular weight is 320 g/mol. The summed E-state index contributed by atoms with van der Waals surface area (Å²) in [5, 5.41) is 0.189. The van der Waals surface area contributed by atoms with E-state index in [9.17, 15) is 4.21 Å². The molecule has 0 saturated heterocycles. The summed E-state index contributed by atoms with van der Waals surface area (Å²) >= 11 is 0. The quantitative estimate of drug-likeness (QED) is 0.569. The normalized spacial score (nSPS) is 16.8. The number of nitrogens with one attached hydrogen (secondary N) is 1. The van der Waals surface area contributed by atoms with E-state index in [2.05, 4.69) is 45.2 Å². The molecule has 0 bridgehead atoms. The monoisotopic (exact) mass is 319 g/mol. The molecule has 5 heteroatoms. The van der Waals surface area contributed by atoms with Crippen molar-refractivity contribution in [2.75, 3.05) is 6.61 Å². The van der Waals surface area contributed by atoms with Crippen LogP contribution < -0.4 is 4.72 Å². The van der Waals surface area contributed by atoms with Crippen LogP contribution in [0.3, 0.4) is 0 Å². The van der Waals surface area contributed by atoms with E-state index in [1.54, 1.807) is 0 Å². The molecule has 0 fully saturated rings. The largest absolute Gasteiger partial charge is 0.415 e. The second kappa shape index (κ2) is 7.34. The average Bonchev–Trinajstić information content (AvgIpc) is 2.23. The Morgan fingerprint density at radius 2 is 1.75 bits per heavy atom. The second-order valence-electron chi connectivity index (χ2n) is 7.79. The summed E-state index contributed by atoms with van der Waals surface area (Å²) in [5.41, 5.74) is 0. The molecular weight excluding hydrogens is 286 g/mol. The minimum absolute atomic E-state index is 0.0571. The van der Waals surface area contributed by atoms with Gasteiger partial charge in [0, 0.05) is 6.04 Å². The highest BCUT2D eigenvalue weighted by Crippen LogP contribution is 2.36. The van der Waals surface area contributed by atoms with Gasteiger partial charge in [0.2, 0.25) is 0 Å². The summed E-state index contributed by atoms with van der Waals surface area (Å²) in [6.07, 6.45) is 2.61. The van der Waals surface area contributed by atoms with Crippen LogP contribution in [-0.2, 0) is 15.4 Å². The molecule has 0 aromatic heterocycles. The smallest absolute Gasteiger partial charge is 0.192 e. The fourth-order valence-corrected chi connectivity index (χ4v) is 3.08. The molecule has 0 amide bonds. The molecule has 3 nitrogen and oxygen atoms in total. The molecule has 0 saturated carbocycles. The summed E-state index contributed by atoms with van der Waals surface area (Å²) in [6.45, 7) is 21.4. The topological polar surface area (TPSA) is 38.3 Å². The van der Waals surface area contributed by atoms with Crippen molar-refractivity contribution in [3.8, 4) is 0 Å². The Morgan fingerprint density at radius 3 is 2.10 bits per heavy atom. The lowest BCUT2D eigenvalue weighted by atomic mass is 10.2. The molecule has 0 aliphatic heterocycles. The van der Waals surface area contributed by atoms with E-state index in [4.69, 9.17) is 4.43 Å². The third kappa shape index (κ3) is 6.65. The Labute approximate surface area is 129 Å². The van der Waals surface area contributed by atoms with Crippen molar-refractivity contribution in [2.24, 2.45) is 0 Å². The maximum atomic E-state index is 12.2. The Kier molecular flexibility index (Phi) is 7.35. The van der Waals surface area contributed by atoms with E-state index in [0.29, 0.717) is 6.61 Å². The van der Waals surface area contributed by atoms with E-state index < -0.39 is 19.3 Å². The lowest BCUT2D eigenvalue weighted by molar-refractivity contribution is 0.256. The van der Waals surface area contributed by atoms with Crippen molar-refractivity contribution in [1.29, 1.82) is 0 Å². The molecule has 1 N–H and O–H groups in total. The van der Waals surface area contributed by atoms with E-state index >= 15 is 0 Å². The van der Waals surface area contributed by atoms with Gasteiger partial charge < -0.3 is 4.43 Å². The third-order valence-electron chi connectivity index (χ3n) is 3.73. The minimum Gasteiger partial charge on any atom is -0.415 e. The van der Waals surface area contributed by atoms with E-state index in [1.807, 2.05) is 26.8 Å². The van der Waals surface area contributed by atoms with Crippen LogP contribution in [0.25, 0.3) is 0 Å². The summed E-state index contributed by atoms with van der Waals surface area (Å²) in [4.78, 5) is 0. The molecule has 0 aromatic carbocycles. The second-order valence-corrected chi connectivity index (χ2v) is 14.6. The van der Waals surface area contributed by atoms with Gasteiger partial charge in [0.05, 0.1) is 22.3 Å². The Hall–Kier alpha value is 0.0269. The van der Waals surface area contributed by atoms with Crippen molar-refractivity contribution < 1.29 is 8.63 Å². The van der Waals surface area contributed by atoms with Crippen LogP contribution in [-0.4, -0.2) is 29.9 Å². The van der Waals surface area contributed by atoms with Crippen LogP contribution in [0.1, 0.15) is 48.0 Å². The number of hydrogen-bond acceptors (Lipinski definition) is 2. The van der Waals surface area contributed by atoms with E-state index in [0.717, 1.165) is 6.42 Å². The molecule has 0 aromatic rings. The Bertz CT molecular complexity index is 343. The number of rotatable bonds is 7. The SMILES string of the molecule is C=CC[C@@H](CO[Si](C)(C)C(C)(C)C)N[S@](=O)C(C)(C)C. The van der Waals surface area contributed by atoms with Crippen molar-refractivity contribution in [3.63, 3.8) is 0 Å². The van der Waals surface area contributed by atoms with Gasteiger partial charge in [-0.1, -0.05) is 26.8 Å². The Balaban J connectivity index is 4.65. The van der Waals surface area contributed by atoms with Crippen LogP contribution in [0, 0.1) is 0 Å². The van der Waals surface area contributed by atoms with Crippen molar-refractivity contribution in [3.05, 3.63) is 12.7 Å². The standard InChI is InChI=1S/C15H33NO2SSi/c1-10-11-13(16-19(17)14(2,3)4)12-18-20(8,9)15(5,6)7/h10,13,16H,1,11-12H2,2-9H3/t13-,19+/m0/s1.